The Bertz CT molecular complexity index is 258. The van der Waals surface area contributed by atoms with Crippen molar-refractivity contribution in [2.24, 2.45) is 11.3 Å². The predicted octanol–water partition coefficient (Wildman–Crippen LogP) is 4.14. The van der Waals surface area contributed by atoms with Crippen LogP contribution in [-0.2, 0) is 4.74 Å². The van der Waals surface area contributed by atoms with Gasteiger partial charge in [0.1, 0.15) is 0 Å². The van der Waals surface area contributed by atoms with E-state index >= 15 is 0 Å². The first-order valence-corrected chi connectivity index (χ1v) is 8.54. The summed E-state index contributed by atoms with van der Waals surface area (Å²) < 4.78 is 6.25. The van der Waals surface area contributed by atoms with Gasteiger partial charge in [0, 0.05) is 18.1 Å². The molecule has 0 amide bonds. The molecular formula is C17H33NO. The van der Waals surface area contributed by atoms with E-state index in [1.54, 1.807) is 0 Å². The van der Waals surface area contributed by atoms with Crippen molar-refractivity contribution < 1.29 is 4.74 Å². The molecule has 2 rings (SSSR count). The van der Waals surface area contributed by atoms with Crippen molar-refractivity contribution in [1.29, 1.82) is 0 Å². The maximum absolute atomic E-state index is 6.25. The predicted molar refractivity (Wildman–Crippen MR) is 81.4 cm³/mol. The number of hydrogen-bond acceptors (Lipinski definition) is 2. The number of ether oxygens (including phenoxy) is 1. The minimum atomic E-state index is 0.490. The normalized spacial score (nSPS) is 29.7. The van der Waals surface area contributed by atoms with Crippen LogP contribution in [0.1, 0.15) is 72.1 Å². The highest BCUT2D eigenvalue weighted by Crippen LogP contribution is 2.53. The lowest BCUT2D eigenvalue weighted by molar-refractivity contribution is -0.153. The molecule has 2 aliphatic rings. The fourth-order valence-corrected chi connectivity index (χ4v) is 3.91. The Labute approximate surface area is 119 Å². The Morgan fingerprint density at radius 2 is 1.95 bits per heavy atom. The van der Waals surface area contributed by atoms with Crippen molar-refractivity contribution in [3.05, 3.63) is 0 Å². The van der Waals surface area contributed by atoms with Crippen molar-refractivity contribution in [1.82, 2.24) is 5.32 Å². The fraction of sp³-hybridized carbons (Fsp3) is 1.00. The molecule has 1 spiro atoms. The average Bonchev–Trinajstić information content (AvgIpc) is 2.41. The van der Waals surface area contributed by atoms with Gasteiger partial charge in [-0.15, -0.1) is 0 Å². The molecule has 2 aliphatic carbocycles. The molecule has 0 aromatic heterocycles. The van der Waals surface area contributed by atoms with Crippen molar-refractivity contribution in [2.75, 3.05) is 13.2 Å². The molecule has 2 atom stereocenters. The van der Waals surface area contributed by atoms with E-state index in [1.807, 2.05) is 0 Å². The molecule has 0 aromatic rings. The molecule has 0 radical (unpaired) electrons. The summed E-state index contributed by atoms with van der Waals surface area (Å²) in [6.07, 6.45) is 11.3. The summed E-state index contributed by atoms with van der Waals surface area (Å²) >= 11 is 0. The van der Waals surface area contributed by atoms with Crippen LogP contribution in [0.4, 0.5) is 0 Å². The van der Waals surface area contributed by atoms with E-state index in [0.717, 1.165) is 18.6 Å². The zero-order chi connectivity index (χ0) is 13.7. The molecular weight excluding hydrogens is 234 g/mol. The fourth-order valence-electron chi connectivity index (χ4n) is 3.91. The van der Waals surface area contributed by atoms with Crippen LogP contribution in [0.3, 0.4) is 0 Å². The summed E-state index contributed by atoms with van der Waals surface area (Å²) in [7, 11) is 0. The van der Waals surface area contributed by atoms with Gasteiger partial charge in [0.2, 0.25) is 0 Å². The second-order valence-corrected chi connectivity index (χ2v) is 7.08. The van der Waals surface area contributed by atoms with E-state index in [-0.39, 0.29) is 0 Å². The lowest BCUT2D eigenvalue weighted by Crippen LogP contribution is -2.64. The van der Waals surface area contributed by atoms with Crippen LogP contribution >= 0.6 is 0 Å². The van der Waals surface area contributed by atoms with Crippen molar-refractivity contribution in [2.45, 2.75) is 84.3 Å². The summed E-state index contributed by atoms with van der Waals surface area (Å²) in [5, 5.41) is 3.78. The lowest BCUT2D eigenvalue weighted by Gasteiger charge is -2.58. The SMILES string of the molecule is CCCNC1CC(OCCC(C)C)C12CCCCC2. The van der Waals surface area contributed by atoms with E-state index in [1.165, 1.54) is 57.9 Å². The summed E-state index contributed by atoms with van der Waals surface area (Å²) in [6, 6.07) is 0.733. The summed E-state index contributed by atoms with van der Waals surface area (Å²) in [5.74, 6) is 0.761. The number of rotatable bonds is 7. The van der Waals surface area contributed by atoms with Gasteiger partial charge in [0.05, 0.1) is 6.10 Å². The lowest BCUT2D eigenvalue weighted by atomic mass is 9.55. The van der Waals surface area contributed by atoms with Crippen LogP contribution in [0.2, 0.25) is 0 Å². The standard InChI is InChI=1S/C17H33NO/c1-4-11-18-15-13-16(19-12-8-14(2)3)17(15)9-6-5-7-10-17/h14-16,18H,4-13H2,1-3H3. The number of hydrogen-bond donors (Lipinski definition) is 1. The topological polar surface area (TPSA) is 21.3 Å². The van der Waals surface area contributed by atoms with E-state index in [2.05, 4.69) is 26.1 Å². The molecule has 112 valence electrons. The monoisotopic (exact) mass is 267 g/mol. The van der Waals surface area contributed by atoms with Crippen LogP contribution in [0, 0.1) is 11.3 Å². The third-order valence-corrected chi connectivity index (χ3v) is 5.22. The largest absolute Gasteiger partial charge is 0.378 e. The Hall–Kier alpha value is -0.0800. The first-order valence-electron chi connectivity index (χ1n) is 8.54. The van der Waals surface area contributed by atoms with Gasteiger partial charge in [0.15, 0.2) is 0 Å². The highest BCUT2D eigenvalue weighted by Gasteiger charge is 2.55. The maximum Gasteiger partial charge on any atom is 0.0661 e. The second kappa shape index (κ2) is 7.08. The van der Waals surface area contributed by atoms with Gasteiger partial charge in [-0.25, -0.2) is 0 Å². The molecule has 2 fully saturated rings. The minimum absolute atomic E-state index is 0.490. The van der Waals surface area contributed by atoms with E-state index < -0.39 is 0 Å². The van der Waals surface area contributed by atoms with Gasteiger partial charge < -0.3 is 10.1 Å². The molecule has 1 N–H and O–H groups in total. The van der Waals surface area contributed by atoms with Crippen LogP contribution in [-0.4, -0.2) is 25.3 Å². The highest BCUT2D eigenvalue weighted by atomic mass is 16.5. The average molecular weight is 267 g/mol. The first kappa shape index (κ1) is 15.3. The van der Waals surface area contributed by atoms with Crippen molar-refractivity contribution in [3.8, 4) is 0 Å². The molecule has 2 unspecified atom stereocenters. The summed E-state index contributed by atoms with van der Waals surface area (Å²) in [5.41, 5.74) is 0.490. The quantitative estimate of drug-likeness (QED) is 0.748. The van der Waals surface area contributed by atoms with Gasteiger partial charge in [-0.1, -0.05) is 40.0 Å². The zero-order valence-electron chi connectivity index (χ0n) is 13.2. The van der Waals surface area contributed by atoms with Crippen molar-refractivity contribution in [3.63, 3.8) is 0 Å². The Morgan fingerprint density at radius 3 is 2.58 bits per heavy atom. The van der Waals surface area contributed by atoms with Crippen LogP contribution in [0.25, 0.3) is 0 Å². The van der Waals surface area contributed by atoms with Gasteiger partial charge >= 0.3 is 0 Å². The molecule has 0 saturated heterocycles. The van der Waals surface area contributed by atoms with Gasteiger partial charge in [-0.2, -0.15) is 0 Å². The van der Waals surface area contributed by atoms with E-state index in [9.17, 15) is 0 Å². The third-order valence-electron chi connectivity index (χ3n) is 5.22. The van der Waals surface area contributed by atoms with Gasteiger partial charge in [-0.05, 0) is 44.6 Å². The third kappa shape index (κ3) is 3.52. The Balaban J connectivity index is 1.85. The summed E-state index contributed by atoms with van der Waals surface area (Å²) in [6.45, 7) is 8.96. The second-order valence-electron chi connectivity index (χ2n) is 7.08. The maximum atomic E-state index is 6.25. The molecule has 2 heteroatoms. The molecule has 0 aromatic carbocycles. The molecule has 0 heterocycles. The highest BCUT2D eigenvalue weighted by molar-refractivity contribution is 5.08. The Morgan fingerprint density at radius 1 is 1.21 bits per heavy atom. The van der Waals surface area contributed by atoms with Crippen LogP contribution < -0.4 is 5.32 Å². The molecule has 2 saturated carbocycles. The first-order chi connectivity index (χ1) is 9.19. The van der Waals surface area contributed by atoms with Crippen LogP contribution in [0.15, 0.2) is 0 Å². The van der Waals surface area contributed by atoms with Gasteiger partial charge in [-0.3, -0.25) is 0 Å². The summed E-state index contributed by atoms with van der Waals surface area (Å²) in [4.78, 5) is 0. The van der Waals surface area contributed by atoms with E-state index in [4.69, 9.17) is 4.74 Å². The number of nitrogens with one attached hydrogen (secondary N) is 1. The molecule has 0 bridgehead atoms. The van der Waals surface area contributed by atoms with E-state index in [0.29, 0.717) is 11.5 Å². The molecule has 0 aliphatic heterocycles. The molecule has 19 heavy (non-hydrogen) atoms. The molecule has 2 nitrogen and oxygen atoms in total. The Kier molecular flexibility index (Phi) is 5.70. The minimum Gasteiger partial charge on any atom is -0.378 e. The zero-order valence-corrected chi connectivity index (χ0v) is 13.2. The smallest absolute Gasteiger partial charge is 0.0661 e. The van der Waals surface area contributed by atoms with Crippen molar-refractivity contribution >= 4 is 0 Å². The van der Waals surface area contributed by atoms with Crippen LogP contribution in [0.5, 0.6) is 0 Å². The van der Waals surface area contributed by atoms with Gasteiger partial charge in [0.25, 0.3) is 0 Å².